The molecule has 0 spiro atoms. The van der Waals surface area contributed by atoms with Crippen LogP contribution in [0.5, 0.6) is 0 Å². The molecule has 1 aliphatic carbocycles. The molecule has 0 aromatic heterocycles. The topological polar surface area (TPSA) is 0 Å². The van der Waals surface area contributed by atoms with Crippen LogP contribution in [0.1, 0.15) is 19.3 Å². The Morgan fingerprint density at radius 1 is 0.385 bits per heavy atom. The van der Waals surface area contributed by atoms with Crippen molar-refractivity contribution in [2.24, 2.45) is 0 Å². The van der Waals surface area contributed by atoms with E-state index < -0.39 is 0 Å². The van der Waals surface area contributed by atoms with E-state index in [1.807, 2.05) is 0 Å². The second-order valence-corrected chi connectivity index (χ2v) is 2.89. The van der Waals surface area contributed by atoms with E-state index >= 15 is 0 Å². The smallest absolute Gasteiger partial charge is 0.0166 e. The first-order chi connectivity index (χ1) is 6.50. The van der Waals surface area contributed by atoms with Crippen LogP contribution in [0.15, 0.2) is 60.8 Å². The largest absolute Gasteiger partial charge is 0.0844 e. The van der Waals surface area contributed by atoms with Crippen LogP contribution >= 0.6 is 0 Å². The quantitative estimate of drug-likeness (QED) is 0.485. The van der Waals surface area contributed by atoms with Crippen LogP contribution < -0.4 is 0 Å². The number of allylic oxidation sites excluding steroid dienone is 10. The van der Waals surface area contributed by atoms with Crippen molar-refractivity contribution >= 4 is 0 Å². The summed E-state index contributed by atoms with van der Waals surface area (Å²) in [7, 11) is 0. The van der Waals surface area contributed by atoms with Crippen molar-refractivity contribution in [1.29, 1.82) is 0 Å². The summed E-state index contributed by atoms with van der Waals surface area (Å²) in [6.45, 7) is 0. The van der Waals surface area contributed by atoms with Crippen molar-refractivity contribution < 1.29 is 0 Å². The first-order valence-corrected chi connectivity index (χ1v) is 4.78. The van der Waals surface area contributed by atoms with E-state index in [2.05, 4.69) is 60.8 Å². The molecule has 0 N–H and O–H groups in total. The standard InChI is InChI=1S/C13H16/c1-2-4-6-8-10-12-13-11-9-7-5-3-1/h1-6,9-12H,7-8,13H2/b2-1?,5-3+,6-4?,11-9+,12-10+. The molecule has 0 atom stereocenters. The van der Waals surface area contributed by atoms with E-state index in [0.29, 0.717) is 0 Å². The van der Waals surface area contributed by atoms with Gasteiger partial charge in [-0.1, -0.05) is 60.8 Å². The fourth-order valence-electron chi connectivity index (χ4n) is 1.06. The lowest BCUT2D eigenvalue weighted by atomic mass is 10.3. The van der Waals surface area contributed by atoms with E-state index in [9.17, 15) is 0 Å². The summed E-state index contributed by atoms with van der Waals surface area (Å²) in [5.41, 5.74) is 0. The fourth-order valence-corrected chi connectivity index (χ4v) is 1.06. The molecule has 0 aliphatic heterocycles. The molecule has 0 heterocycles. The van der Waals surface area contributed by atoms with Crippen LogP contribution in [0, 0.1) is 0 Å². The summed E-state index contributed by atoms with van der Waals surface area (Å²) >= 11 is 0. The Labute approximate surface area is 80.7 Å². The van der Waals surface area contributed by atoms with Crippen LogP contribution in [0.4, 0.5) is 0 Å². The highest BCUT2D eigenvalue weighted by atomic mass is 13.8. The Balaban J connectivity index is 2.49. The predicted octanol–water partition coefficient (Wildman–Crippen LogP) is 3.95. The Morgan fingerprint density at radius 2 is 0.769 bits per heavy atom. The third kappa shape index (κ3) is 5.92. The summed E-state index contributed by atoms with van der Waals surface area (Å²) in [6.07, 6.45) is 24.5. The number of rotatable bonds is 0. The van der Waals surface area contributed by atoms with Crippen molar-refractivity contribution in [1.82, 2.24) is 0 Å². The molecule has 0 fully saturated rings. The Morgan fingerprint density at radius 3 is 1.23 bits per heavy atom. The second-order valence-electron chi connectivity index (χ2n) is 2.89. The van der Waals surface area contributed by atoms with E-state index in [-0.39, 0.29) is 0 Å². The van der Waals surface area contributed by atoms with Gasteiger partial charge in [0.2, 0.25) is 0 Å². The van der Waals surface area contributed by atoms with Crippen molar-refractivity contribution in [3.05, 3.63) is 60.8 Å². The zero-order valence-corrected chi connectivity index (χ0v) is 7.89. The van der Waals surface area contributed by atoms with Crippen LogP contribution in [0.25, 0.3) is 0 Å². The molecule has 0 aromatic carbocycles. The van der Waals surface area contributed by atoms with Crippen molar-refractivity contribution in [3.8, 4) is 0 Å². The predicted molar refractivity (Wildman–Crippen MR) is 59.6 cm³/mol. The average molecular weight is 172 g/mol. The molecule has 0 aromatic rings. The molecule has 0 saturated heterocycles. The fraction of sp³-hybridized carbons (Fsp3) is 0.231. The highest BCUT2D eigenvalue weighted by Crippen LogP contribution is 1.95. The van der Waals surface area contributed by atoms with E-state index in [1.165, 1.54) is 0 Å². The molecule has 0 unspecified atom stereocenters. The van der Waals surface area contributed by atoms with E-state index in [1.54, 1.807) is 0 Å². The molecule has 0 saturated carbocycles. The summed E-state index contributed by atoms with van der Waals surface area (Å²) < 4.78 is 0. The molecule has 0 radical (unpaired) electrons. The van der Waals surface area contributed by atoms with Gasteiger partial charge in [-0.3, -0.25) is 0 Å². The lowest BCUT2D eigenvalue weighted by Crippen LogP contribution is -1.61. The molecule has 0 amide bonds. The SMILES string of the molecule is C1=C/C=C/C/C=C/C/C=C/CC=C1. The minimum absolute atomic E-state index is 1.03. The summed E-state index contributed by atoms with van der Waals surface area (Å²) in [5.74, 6) is 0. The molecule has 0 nitrogen and oxygen atoms in total. The lowest BCUT2D eigenvalue weighted by Gasteiger charge is -1.82. The zero-order valence-electron chi connectivity index (χ0n) is 7.89. The normalized spacial score (nSPS) is 25.2. The van der Waals surface area contributed by atoms with Gasteiger partial charge in [-0.2, -0.15) is 0 Å². The number of hydrogen-bond acceptors (Lipinski definition) is 0. The maximum absolute atomic E-state index is 2.20. The van der Waals surface area contributed by atoms with Crippen molar-refractivity contribution in [3.63, 3.8) is 0 Å². The van der Waals surface area contributed by atoms with Gasteiger partial charge in [0.15, 0.2) is 0 Å². The summed E-state index contributed by atoms with van der Waals surface area (Å²) in [4.78, 5) is 0. The van der Waals surface area contributed by atoms with Crippen LogP contribution in [-0.4, -0.2) is 0 Å². The Kier molecular flexibility index (Phi) is 5.54. The number of hydrogen-bond donors (Lipinski definition) is 0. The monoisotopic (exact) mass is 172 g/mol. The van der Waals surface area contributed by atoms with Gasteiger partial charge in [0.1, 0.15) is 0 Å². The first kappa shape index (κ1) is 9.79. The summed E-state index contributed by atoms with van der Waals surface area (Å²) in [5, 5.41) is 0. The first-order valence-electron chi connectivity index (χ1n) is 4.78. The summed E-state index contributed by atoms with van der Waals surface area (Å²) in [6, 6.07) is 0. The van der Waals surface area contributed by atoms with Crippen LogP contribution in [0.2, 0.25) is 0 Å². The Bertz CT molecular complexity index is 223. The molecule has 1 aliphatic rings. The van der Waals surface area contributed by atoms with Gasteiger partial charge in [-0.25, -0.2) is 0 Å². The van der Waals surface area contributed by atoms with Gasteiger partial charge < -0.3 is 0 Å². The molecule has 68 valence electrons. The van der Waals surface area contributed by atoms with E-state index in [4.69, 9.17) is 0 Å². The van der Waals surface area contributed by atoms with Gasteiger partial charge >= 0.3 is 0 Å². The highest BCUT2D eigenvalue weighted by Gasteiger charge is 1.74. The molecule has 13 heavy (non-hydrogen) atoms. The third-order valence-electron chi connectivity index (χ3n) is 1.76. The van der Waals surface area contributed by atoms with Gasteiger partial charge in [0.05, 0.1) is 0 Å². The molecular weight excluding hydrogens is 156 g/mol. The van der Waals surface area contributed by atoms with E-state index in [0.717, 1.165) is 19.3 Å². The van der Waals surface area contributed by atoms with Crippen LogP contribution in [0.3, 0.4) is 0 Å². The minimum Gasteiger partial charge on any atom is -0.0844 e. The highest BCUT2D eigenvalue weighted by molar-refractivity contribution is 5.13. The molecule has 0 heteroatoms. The maximum atomic E-state index is 2.20. The van der Waals surface area contributed by atoms with Crippen molar-refractivity contribution in [2.75, 3.05) is 0 Å². The maximum Gasteiger partial charge on any atom is -0.0166 e. The molecule has 0 bridgehead atoms. The van der Waals surface area contributed by atoms with Gasteiger partial charge in [0.25, 0.3) is 0 Å². The average Bonchev–Trinajstić information content (AvgIpc) is 2.18. The van der Waals surface area contributed by atoms with Crippen molar-refractivity contribution in [2.45, 2.75) is 19.3 Å². The molecular formula is C13H16. The van der Waals surface area contributed by atoms with Gasteiger partial charge in [0, 0.05) is 0 Å². The lowest BCUT2D eigenvalue weighted by molar-refractivity contribution is 1.28. The Hall–Kier alpha value is -1.30. The van der Waals surface area contributed by atoms with Crippen LogP contribution in [-0.2, 0) is 0 Å². The zero-order chi connectivity index (χ0) is 9.19. The minimum atomic E-state index is 1.03. The van der Waals surface area contributed by atoms with Gasteiger partial charge in [-0.05, 0) is 19.3 Å². The molecule has 1 rings (SSSR count). The second kappa shape index (κ2) is 7.35. The van der Waals surface area contributed by atoms with Gasteiger partial charge in [-0.15, -0.1) is 0 Å². The third-order valence-corrected chi connectivity index (χ3v) is 1.76.